The van der Waals surface area contributed by atoms with Gasteiger partial charge in [0.15, 0.2) is 0 Å². The topological polar surface area (TPSA) is 37.3 Å². The predicted molar refractivity (Wildman–Crippen MR) is 91.7 cm³/mol. The second-order valence-electron chi connectivity index (χ2n) is 8.52. The van der Waals surface area contributed by atoms with Gasteiger partial charge in [-0.25, -0.2) is 4.79 Å². The SMILES string of the molecule is C=C1CC[C@H]2C(C)(C)CCC[C@]2(C)[C@@H]1CC/C(C)=C/C(=O)O. The van der Waals surface area contributed by atoms with Gasteiger partial charge in [-0.05, 0) is 68.1 Å². The van der Waals surface area contributed by atoms with Gasteiger partial charge in [0.25, 0.3) is 0 Å². The Kier molecular flexibility index (Phi) is 4.89. The minimum absolute atomic E-state index is 0.348. The summed E-state index contributed by atoms with van der Waals surface area (Å²) in [6.07, 6.45) is 9.66. The molecule has 2 fully saturated rings. The van der Waals surface area contributed by atoms with Gasteiger partial charge in [0, 0.05) is 6.08 Å². The third-order valence-corrected chi connectivity index (χ3v) is 6.52. The first kappa shape index (κ1) is 17.3. The van der Waals surface area contributed by atoms with E-state index in [-0.39, 0.29) is 0 Å². The largest absolute Gasteiger partial charge is 0.478 e. The zero-order chi connectivity index (χ0) is 16.5. The highest BCUT2D eigenvalue weighted by atomic mass is 16.4. The van der Waals surface area contributed by atoms with Gasteiger partial charge in [0.2, 0.25) is 0 Å². The molecular formula is C20H32O2. The van der Waals surface area contributed by atoms with Crippen molar-refractivity contribution in [3.05, 3.63) is 23.8 Å². The molecule has 0 aromatic heterocycles. The van der Waals surface area contributed by atoms with Gasteiger partial charge >= 0.3 is 5.97 Å². The van der Waals surface area contributed by atoms with E-state index in [0.717, 1.165) is 30.8 Å². The van der Waals surface area contributed by atoms with E-state index >= 15 is 0 Å². The molecular weight excluding hydrogens is 272 g/mol. The average molecular weight is 304 g/mol. The Morgan fingerprint density at radius 2 is 2.05 bits per heavy atom. The molecule has 2 saturated carbocycles. The van der Waals surface area contributed by atoms with Gasteiger partial charge in [-0.3, -0.25) is 0 Å². The van der Waals surface area contributed by atoms with E-state index in [1.54, 1.807) is 0 Å². The van der Waals surface area contributed by atoms with Crippen LogP contribution in [0.15, 0.2) is 23.8 Å². The minimum Gasteiger partial charge on any atom is -0.478 e. The number of allylic oxidation sites excluding steroid dienone is 2. The van der Waals surface area contributed by atoms with Gasteiger partial charge in [-0.2, -0.15) is 0 Å². The van der Waals surface area contributed by atoms with Crippen molar-refractivity contribution in [2.45, 2.75) is 72.6 Å². The summed E-state index contributed by atoms with van der Waals surface area (Å²) in [7, 11) is 0. The molecule has 0 unspecified atom stereocenters. The standard InChI is InChI=1S/C20H32O2/c1-14(13-18(21)22)7-9-16-15(2)8-10-17-19(3,4)11-6-12-20(16,17)5/h13,16-17H,2,6-12H2,1,3-5H3,(H,21,22)/b14-13+/t16-,17+,20-/m1/s1. The minimum atomic E-state index is -0.831. The maximum absolute atomic E-state index is 10.8. The number of aliphatic carboxylic acids is 1. The zero-order valence-electron chi connectivity index (χ0n) is 14.7. The number of carboxylic acids is 1. The third kappa shape index (κ3) is 3.31. The van der Waals surface area contributed by atoms with Crippen LogP contribution in [0, 0.1) is 22.7 Å². The van der Waals surface area contributed by atoms with Crippen LogP contribution in [0.1, 0.15) is 72.6 Å². The van der Waals surface area contributed by atoms with Crippen molar-refractivity contribution < 1.29 is 9.90 Å². The first-order valence-corrected chi connectivity index (χ1v) is 8.74. The number of carboxylic acid groups (broad SMARTS) is 1. The zero-order valence-corrected chi connectivity index (χ0v) is 14.7. The van der Waals surface area contributed by atoms with E-state index in [1.807, 2.05) is 6.92 Å². The van der Waals surface area contributed by atoms with Crippen LogP contribution in [-0.2, 0) is 4.79 Å². The summed E-state index contributed by atoms with van der Waals surface area (Å²) in [6.45, 7) is 13.7. The van der Waals surface area contributed by atoms with E-state index in [0.29, 0.717) is 16.7 Å². The summed E-state index contributed by atoms with van der Waals surface area (Å²) in [5.41, 5.74) is 3.15. The lowest BCUT2D eigenvalue weighted by Crippen LogP contribution is -2.49. The van der Waals surface area contributed by atoms with Crippen molar-refractivity contribution in [3.8, 4) is 0 Å². The van der Waals surface area contributed by atoms with Crippen molar-refractivity contribution in [2.24, 2.45) is 22.7 Å². The molecule has 0 bridgehead atoms. The fourth-order valence-electron chi connectivity index (χ4n) is 5.46. The molecule has 0 amide bonds. The first-order valence-electron chi connectivity index (χ1n) is 8.74. The van der Waals surface area contributed by atoms with E-state index in [1.165, 1.54) is 37.3 Å². The quantitative estimate of drug-likeness (QED) is 0.542. The second-order valence-corrected chi connectivity index (χ2v) is 8.52. The molecule has 0 saturated heterocycles. The van der Waals surface area contributed by atoms with E-state index in [4.69, 9.17) is 5.11 Å². The summed E-state index contributed by atoms with van der Waals surface area (Å²) < 4.78 is 0. The highest BCUT2D eigenvalue weighted by Gasteiger charge is 2.52. The smallest absolute Gasteiger partial charge is 0.328 e. The Morgan fingerprint density at radius 3 is 2.68 bits per heavy atom. The molecule has 0 aromatic rings. The number of hydrogen-bond donors (Lipinski definition) is 1. The summed E-state index contributed by atoms with van der Waals surface area (Å²) in [5.74, 6) is 0.485. The molecule has 0 aliphatic heterocycles. The van der Waals surface area contributed by atoms with Crippen molar-refractivity contribution in [1.82, 2.24) is 0 Å². The monoisotopic (exact) mass is 304 g/mol. The molecule has 22 heavy (non-hydrogen) atoms. The van der Waals surface area contributed by atoms with Crippen LogP contribution in [0.3, 0.4) is 0 Å². The van der Waals surface area contributed by atoms with E-state index in [9.17, 15) is 4.79 Å². The molecule has 124 valence electrons. The molecule has 1 N–H and O–H groups in total. The van der Waals surface area contributed by atoms with Gasteiger partial charge in [-0.1, -0.05) is 44.9 Å². The fourth-order valence-corrected chi connectivity index (χ4v) is 5.46. The van der Waals surface area contributed by atoms with E-state index in [2.05, 4.69) is 27.4 Å². The average Bonchev–Trinajstić information content (AvgIpc) is 2.35. The highest BCUT2D eigenvalue weighted by Crippen LogP contribution is 2.61. The lowest BCUT2D eigenvalue weighted by molar-refractivity contribution is -0.131. The number of carbonyl (C=O) groups is 1. The molecule has 2 aliphatic carbocycles. The highest BCUT2D eigenvalue weighted by molar-refractivity contribution is 5.80. The molecule has 0 spiro atoms. The Morgan fingerprint density at radius 1 is 1.36 bits per heavy atom. The fraction of sp³-hybridized carbons (Fsp3) is 0.750. The van der Waals surface area contributed by atoms with Crippen LogP contribution in [0.5, 0.6) is 0 Å². The Hall–Kier alpha value is -1.05. The molecule has 0 heterocycles. The van der Waals surface area contributed by atoms with Crippen LogP contribution in [0.25, 0.3) is 0 Å². The van der Waals surface area contributed by atoms with Crippen molar-refractivity contribution >= 4 is 5.97 Å². The first-order chi connectivity index (χ1) is 10.2. The molecule has 0 radical (unpaired) electrons. The summed E-state index contributed by atoms with van der Waals surface area (Å²) in [5, 5.41) is 8.89. The van der Waals surface area contributed by atoms with Crippen LogP contribution in [0.2, 0.25) is 0 Å². The van der Waals surface area contributed by atoms with Crippen LogP contribution >= 0.6 is 0 Å². The maximum Gasteiger partial charge on any atom is 0.328 e. The van der Waals surface area contributed by atoms with Gasteiger partial charge in [0.05, 0.1) is 0 Å². The van der Waals surface area contributed by atoms with E-state index < -0.39 is 5.97 Å². The number of hydrogen-bond acceptors (Lipinski definition) is 1. The third-order valence-electron chi connectivity index (χ3n) is 6.52. The van der Waals surface area contributed by atoms with Gasteiger partial charge < -0.3 is 5.11 Å². The lowest BCUT2D eigenvalue weighted by Gasteiger charge is -2.58. The van der Waals surface area contributed by atoms with Crippen molar-refractivity contribution in [3.63, 3.8) is 0 Å². The molecule has 2 aliphatic rings. The maximum atomic E-state index is 10.8. The lowest BCUT2D eigenvalue weighted by atomic mass is 9.47. The summed E-state index contributed by atoms with van der Waals surface area (Å²) in [4.78, 5) is 10.8. The second kappa shape index (κ2) is 6.22. The van der Waals surface area contributed by atoms with Gasteiger partial charge in [0.1, 0.15) is 0 Å². The van der Waals surface area contributed by atoms with Gasteiger partial charge in [-0.15, -0.1) is 0 Å². The molecule has 2 nitrogen and oxygen atoms in total. The summed E-state index contributed by atoms with van der Waals surface area (Å²) in [6, 6.07) is 0. The molecule has 3 atom stereocenters. The number of rotatable bonds is 4. The molecule has 2 rings (SSSR count). The van der Waals surface area contributed by atoms with Crippen LogP contribution < -0.4 is 0 Å². The van der Waals surface area contributed by atoms with Crippen LogP contribution in [-0.4, -0.2) is 11.1 Å². The molecule has 2 heteroatoms. The Bertz CT molecular complexity index is 486. The molecule has 0 aromatic carbocycles. The number of fused-ring (bicyclic) bond motifs is 1. The normalized spacial score (nSPS) is 35.1. The Balaban J connectivity index is 2.17. The van der Waals surface area contributed by atoms with Crippen LogP contribution in [0.4, 0.5) is 0 Å². The Labute approximate surface area is 135 Å². The summed E-state index contributed by atoms with van der Waals surface area (Å²) >= 11 is 0. The van der Waals surface area contributed by atoms with Crippen molar-refractivity contribution in [1.29, 1.82) is 0 Å². The predicted octanol–water partition coefficient (Wildman–Crippen LogP) is 5.60. The van der Waals surface area contributed by atoms with Crippen molar-refractivity contribution in [2.75, 3.05) is 0 Å².